The number of para-hydroxylation sites is 1. The van der Waals surface area contributed by atoms with E-state index < -0.39 is 23.9 Å². The van der Waals surface area contributed by atoms with Gasteiger partial charge in [0.1, 0.15) is 23.9 Å². The second kappa shape index (κ2) is 5.54. The van der Waals surface area contributed by atoms with E-state index in [1.807, 2.05) is 13.8 Å². The number of hydrogen-bond acceptors (Lipinski definition) is 4. The Morgan fingerprint density at radius 1 is 1.35 bits per heavy atom. The second-order valence-corrected chi connectivity index (χ2v) is 7.86. The molecule has 0 saturated carbocycles. The van der Waals surface area contributed by atoms with E-state index >= 15 is 0 Å². The highest BCUT2D eigenvalue weighted by molar-refractivity contribution is 6.02. The minimum Gasteiger partial charge on any atom is -0.381 e. The number of nitrogens with zero attached hydrogens (tertiary/aromatic N) is 2. The number of rotatable bonds is 2. The molecule has 3 aliphatic rings. The summed E-state index contributed by atoms with van der Waals surface area (Å²) in [6.45, 7) is 5.38. The monoisotopic (exact) mass is 357 g/mol. The number of benzene rings is 1. The molecule has 0 unspecified atom stereocenters. The number of anilines is 1. The summed E-state index contributed by atoms with van der Waals surface area (Å²) in [6, 6.07) is 5.72. The Morgan fingerprint density at radius 3 is 2.69 bits per heavy atom. The van der Waals surface area contributed by atoms with E-state index in [4.69, 9.17) is 0 Å². The fourth-order valence-corrected chi connectivity index (χ4v) is 4.64. The van der Waals surface area contributed by atoms with Crippen LogP contribution < -0.4 is 10.2 Å². The predicted octanol–water partition coefficient (Wildman–Crippen LogP) is 0.712. The first kappa shape index (κ1) is 17.0. The first-order chi connectivity index (χ1) is 12.3. The SMILES string of the molecule is CC(=O)N1c2ccccc2[C@]2(O)C[C@@H]3C(=O)N[C@@H](CC(C)C)C(=O)N3[C@@H]12. The van der Waals surface area contributed by atoms with Gasteiger partial charge < -0.3 is 15.3 Å². The zero-order chi connectivity index (χ0) is 18.8. The average molecular weight is 357 g/mol. The maximum atomic E-state index is 13.2. The molecule has 2 saturated heterocycles. The van der Waals surface area contributed by atoms with Crippen LogP contribution in [0, 0.1) is 5.92 Å². The molecular weight excluding hydrogens is 334 g/mol. The molecule has 1 aromatic rings. The van der Waals surface area contributed by atoms with Crippen molar-refractivity contribution in [3.05, 3.63) is 29.8 Å². The number of carbonyl (C=O) groups is 3. The maximum absolute atomic E-state index is 13.2. The van der Waals surface area contributed by atoms with Crippen LogP contribution in [0.4, 0.5) is 5.69 Å². The highest BCUT2D eigenvalue weighted by Gasteiger charge is 2.65. The number of aliphatic hydroxyl groups is 1. The molecule has 0 bridgehead atoms. The Balaban J connectivity index is 1.82. The van der Waals surface area contributed by atoms with Gasteiger partial charge in [0, 0.05) is 18.9 Å². The van der Waals surface area contributed by atoms with Gasteiger partial charge >= 0.3 is 0 Å². The Bertz CT molecular complexity index is 808. The second-order valence-electron chi connectivity index (χ2n) is 7.86. The third kappa shape index (κ3) is 2.13. The molecule has 2 fully saturated rings. The Labute approximate surface area is 152 Å². The first-order valence-corrected chi connectivity index (χ1v) is 9.00. The van der Waals surface area contributed by atoms with Crippen LogP contribution in [0.2, 0.25) is 0 Å². The molecule has 4 atom stereocenters. The number of hydrogen-bond donors (Lipinski definition) is 2. The van der Waals surface area contributed by atoms with E-state index in [9.17, 15) is 19.5 Å². The highest BCUT2D eigenvalue weighted by atomic mass is 16.3. The molecule has 0 radical (unpaired) electrons. The Hall–Kier alpha value is -2.41. The molecule has 26 heavy (non-hydrogen) atoms. The summed E-state index contributed by atoms with van der Waals surface area (Å²) < 4.78 is 0. The van der Waals surface area contributed by atoms with Gasteiger partial charge in [0.2, 0.25) is 17.7 Å². The van der Waals surface area contributed by atoms with Crippen molar-refractivity contribution in [2.75, 3.05) is 4.90 Å². The summed E-state index contributed by atoms with van der Waals surface area (Å²) in [6.07, 6.45) is -0.272. The quantitative estimate of drug-likeness (QED) is 0.816. The minimum atomic E-state index is -1.44. The third-order valence-corrected chi connectivity index (χ3v) is 5.62. The van der Waals surface area contributed by atoms with Gasteiger partial charge in [-0.1, -0.05) is 32.0 Å². The van der Waals surface area contributed by atoms with Gasteiger partial charge in [0.05, 0.1) is 5.69 Å². The van der Waals surface area contributed by atoms with Crippen molar-refractivity contribution >= 4 is 23.4 Å². The lowest BCUT2D eigenvalue weighted by Gasteiger charge is -2.41. The molecule has 3 aliphatic heterocycles. The zero-order valence-electron chi connectivity index (χ0n) is 15.1. The van der Waals surface area contributed by atoms with Gasteiger partial charge in [-0.15, -0.1) is 0 Å². The molecule has 3 heterocycles. The molecule has 138 valence electrons. The third-order valence-electron chi connectivity index (χ3n) is 5.62. The van der Waals surface area contributed by atoms with Crippen LogP contribution in [0.25, 0.3) is 0 Å². The fourth-order valence-electron chi connectivity index (χ4n) is 4.64. The van der Waals surface area contributed by atoms with E-state index in [0.717, 1.165) is 0 Å². The van der Waals surface area contributed by atoms with Crippen LogP contribution in [0.3, 0.4) is 0 Å². The molecular formula is C19H23N3O4. The molecule has 1 aromatic carbocycles. The van der Waals surface area contributed by atoms with Crippen molar-refractivity contribution < 1.29 is 19.5 Å². The highest BCUT2D eigenvalue weighted by Crippen LogP contribution is 2.53. The molecule has 3 amide bonds. The lowest BCUT2D eigenvalue weighted by molar-refractivity contribution is -0.150. The standard InChI is InChI=1S/C19H23N3O4/c1-10(2)8-13-17(25)22-15(16(24)20-13)9-19(26)12-6-4-5-7-14(12)21(11(3)23)18(19)22/h4-7,10,13,15,18,26H,8-9H2,1-3H3,(H,20,24)/t13-,15+,18+,19+/m0/s1. The smallest absolute Gasteiger partial charge is 0.247 e. The normalized spacial score (nSPS) is 32.4. The van der Waals surface area contributed by atoms with Crippen LogP contribution in [-0.4, -0.2) is 46.0 Å². The average Bonchev–Trinajstić information content (AvgIpc) is 3.00. The van der Waals surface area contributed by atoms with Gasteiger partial charge in [-0.25, -0.2) is 0 Å². The molecule has 4 rings (SSSR count). The van der Waals surface area contributed by atoms with Crippen molar-refractivity contribution in [1.82, 2.24) is 10.2 Å². The number of fused-ring (bicyclic) bond motifs is 5. The molecule has 0 aromatic heterocycles. The Kier molecular flexibility index (Phi) is 3.63. The first-order valence-electron chi connectivity index (χ1n) is 9.00. The number of amides is 3. The van der Waals surface area contributed by atoms with Gasteiger partial charge in [-0.3, -0.25) is 19.3 Å². The predicted molar refractivity (Wildman–Crippen MR) is 93.9 cm³/mol. The summed E-state index contributed by atoms with van der Waals surface area (Å²) >= 11 is 0. The number of carbonyl (C=O) groups excluding carboxylic acids is 3. The van der Waals surface area contributed by atoms with Gasteiger partial charge in [0.15, 0.2) is 0 Å². The van der Waals surface area contributed by atoms with Crippen LogP contribution >= 0.6 is 0 Å². The summed E-state index contributed by atoms with van der Waals surface area (Å²) in [5.41, 5.74) is -0.243. The number of nitrogens with one attached hydrogen (secondary N) is 1. The van der Waals surface area contributed by atoms with Crippen molar-refractivity contribution in [1.29, 1.82) is 0 Å². The van der Waals surface area contributed by atoms with E-state index in [0.29, 0.717) is 17.7 Å². The van der Waals surface area contributed by atoms with Gasteiger partial charge in [-0.05, 0) is 18.4 Å². The van der Waals surface area contributed by atoms with Crippen molar-refractivity contribution in [2.45, 2.75) is 57.5 Å². The van der Waals surface area contributed by atoms with Gasteiger partial charge in [0.25, 0.3) is 0 Å². The van der Waals surface area contributed by atoms with Crippen molar-refractivity contribution in [3.63, 3.8) is 0 Å². The Morgan fingerprint density at radius 2 is 2.04 bits per heavy atom. The van der Waals surface area contributed by atoms with Crippen LogP contribution in [0.5, 0.6) is 0 Å². The summed E-state index contributed by atoms with van der Waals surface area (Å²) in [4.78, 5) is 41.1. The number of piperazine rings is 1. The van der Waals surface area contributed by atoms with E-state index in [1.54, 1.807) is 24.3 Å². The van der Waals surface area contributed by atoms with Crippen molar-refractivity contribution in [3.8, 4) is 0 Å². The topological polar surface area (TPSA) is 90.0 Å². The van der Waals surface area contributed by atoms with E-state index in [2.05, 4.69) is 5.32 Å². The molecule has 0 spiro atoms. The summed E-state index contributed by atoms with van der Waals surface area (Å²) in [5.74, 6) is -0.535. The van der Waals surface area contributed by atoms with E-state index in [-0.39, 0.29) is 30.1 Å². The lowest BCUT2D eigenvalue weighted by atomic mass is 9.91. The van der Waals surface area contributed by atoms with Crippen LogP contribution in [-0.2, 0) is 20.0 Å². The largest absolute Gasteiger partial charge is 0.381 e. The molecule has 7 heteroatoms. The van der Waals surface area contributed by atoms with Crippen LogP contribution in [0.15, 0.2) is 24.3 Å². The molecule has 7 nitrogen and oxygen atoms in total. The van der Waals surface area contributed by atoms with E-state index in [1.165, 1.54) is 16.7 Å². The van der Waals surface area contributed by atoms with Crippen LogP contribution in [0.1, 0.15) is 39.2 Å². The molecule has 2 N–H and O–H groups in total. The summed E-state index contributed by atoms with van der Waals surface area (Å²) in [5, 5.41) is 14.3. The molecule has 0 aliphatic carbocycles. The fraction of sp³-hybridized carbons (Fsp3) is 0.526. The zero-order valence-corrected chi connectivity index (χ0v) is 15.1. The lowest BCUT2D eigenvalue weighted by Crippen LogP contribution is -2.66. The van der Waals surface area contributed by atoms with Crippen molar-refractivity contribution in [2.24, 2.45) is 5.92 Å². The van der Waals surface area contributed by atoms with Gasteiger partial charge in [-0.2, -0.15) is 0 Å². The maximum Gasteiger partial charge on any atom is 0.247 e. The minimum absolute atomic E-state index is 0.0877. The summed E-state index contributed by atoms with van der Waals surface area (Å²) in [7, 11) is 0.